The summed E-state index contributed by atoms with van der Waals surface area (Å²) >= 11 is 19.0. The summed E-state index contributed by atoms with van der Waals surface area (Å²) in [7, 11) is 0. The molecule has 8 atom stereocenters. The summed E-state index contributed by atoms with van der Waals surface area (Å²) in [6.07, 6.45) is 16.8. The normalized spacial score (nSPS) is 23.7. The van der Waals surface area contributed by atoms with E-state index in [1.807, 2.05) is 88.4 Å². The van der Waals surface area contributed by atoms with Gasteiger partial charge >= 0.3 is 0 Å². The van der Waals surface area contributed by atoms with E-state index in [1.165, 1.54) is 11.1 Å². The second-order valence-corrected chi connectivity index (χ2v) is 23.3. The number of ether oxygens (including phenoxy) is 4. The molecule has 6 aromatic heterocycles. The van der Waals surface area contributed by atoms with Crippen LogP contribution in [0.2, 0.25) is 15.2 Å². The number of halogens is 3. The second kappa shape index (κ2) is 21.1. The van der Waals surface area contributed by atoms with E-state index in [0.717, 1.165) is 99.5 Å². The Bertz CT molecular complexity index is 3870. The number of hydrogen-bond donors (Lipinski definition) is 0. The maximum atomic E-state index is 6.77. The quantitative estimate of drug-likeness (QED) is 0.0909. The number of aliphatic imine (C=N–C) groups is 1. The highest BCUT2D eigenvalue weighted by Crippen LogP contribution is 2.51. The van der Waals surface area contributed by atoms with Gasteiger partial charge in [-0.1, -0.05) is 120 Å². The van der Waals surface area contributed by atoms with Crippen molar-refractivity contribution in [1.29, 1.82) is 0 Å². The third-order valence-corrected chi connectivity index (χ3v) is 17.0. The van der Waals surface area contributed by atoms with Crippen LogP contribution < -0.4 is 0 Å². The van der Waals surface area contributed by atoms with Crippen molar-refractivity contribution in [2.24, 2.45) is 16.8 Å². The van der Waals surface area contributed by atoms with Gasteiger partial charge in [-0.05, 0) is 126 Å². The Morgan fingerprint density at radius 1 is 0.519 bits per heavy atom. The van der Waals surface area contributed by atoms with E-state index in [-0.39, 0.29) is 36.5 Å². The molecule has 0 radical (unpaired) electrons. The summed E-state index contributed by atoms with van der Waals surface area (Å²) in [6, 6.07) is 41.2. The van der Waals surface area contributed by atoms with Gasteiger partial charge in [-0.25, -0.2) is 24.9 Å². The molecule has 0 spiro atoms. The van der Waals surface area contributed by atoms with Crippen LogP contribution in [-0.4, -0.2) is 80.7 Å². The zero-order valence-corrected chi connectivity index (χ0v) is 46.4. The van der Waals surface area contributed by atoms with Gasteiger partial charge in [-0.15, -0.1) is 0 Å². The number of pyridine rings is 2. The Morgan fingerprint density at radius 2 is 0.975 bits per heavy atom. The minimum Gasteiger partial charge on any atom is -0.344 e. The molecule has 4 aliphatic rings. The van der Waals surface area contributed by atoms with Gasteiger partial charge in [0.1, 0.15) is 28.4 Å². The fourth-order valence-corrected chi connectivity index (χ4v) is 13.1. The molecule has 400 valence electrons. The first-order valence-electron chi connectivity index (χ1n) is 27.1. The Kier molecular flexibility index (Phi) is 13.8. The molecule has 2 aliphatic heterocycles. The average molecular weight is 1110 g/mol. The van der Waals surface area contributed by atoms with Crippen molar-refractivity contribution in [2.45, 2.75) is 114 Å². The smallest absolute Gasteiger partial charge is 0.172 e. The van der Waals surface area contributed by atoms with E-state index in [9.17, 15) is 0 Å². The molecule has 16 heteroatoms. The van der Waals surface area contributed by atoms with E-state index in [0.29, 0.717) is 32.9 Å². The average Bonchev–Trinajstić information content (AvgIpc) is 4.52. The highest BCUT2D eigenvalue weighted by molar-refractivity contribution is 6.41. The predicted molar refractivity (Wildman–Crippen MR) is 310 cm³/mol. The van der Waals surface area contributed by atoms with Crippen LogP contribution >= 0.6 is 34.8 Å². The van der Waals surface area contributed by atoms with Gasteiger partial charge in [0.15, 0.2) is 28.7 Å². The summed E-state index contributed by atoms with van der Waals surface area (Å²) in [5.74, 6) is -0.00428. The second-order valence-electron chi connectivity index (χ2n) is 22.1. The molecule has 10 aromatic rings. The molecule has 0 amide bonds. The molecule has 0 unspecified atom stereocenters. The number of fused-ring (bicyclic) bond motifs is 6. The molecule has 14 rings (SSSR count). The topological polar surface area (TPSA) is 136 Å². The summed E-state index contributed by atoms with van der Waals surface area (Å²) in [5, 5.41) is 3.32. The van der Waals surface area contributed by atoms with Crippen LogP contribution in [0, 0.1) is 11.8 Å². The van der Waals surface area contributed by atoms with Crippen LogP contribution in [0.5, 0.6) is 0 Å². The first-order valence-corrected chi connectivity index (χ1v) is 28.2. The van der Waals surface area contributed by atoms with Gasteiger partial charge in [0.2, 0.25) is 0 Å². The van der Waals surface area contributed by atoms with Crippen molar-refractivity contribution in [3.8, 4) is 0 Å². The standard InChI is InChI=1S/C38H34ClN5O2.C25H24Cl2N4O2/c1-38(2)45-34-28(23-32(35(34)46-38)44-20-17-30-37(44)41-19-18-40-30)16-14-24-13-15-27-22-29(39)36(42-31(27)21-24)43-33(25-9-5-3-6-10-25)26-11-7-4-8-12-26;1-25(2)32-21-16(6-4-14-3-5-15-12-17(26)23(27)30-19(15)11-14)13-20(22(21)33-25)31-10-7-18-24(31)29-9-8-28-18/h3-13,15,17-22,28,32,34-35H,14,16,23H2,1-2H3;3,5,7-12,16,20-22H,4,6,13H2,1-2H3/t28-,32+,34+,35-;16-,20+,21+,22-/m00/s1. The lowest BCUT2D eigenvalue weighted by Gasteiger charge is -2.24. The van der Waals surface area contributed by atoms with Gasteiger partial charge in [0.25, 0.3) is 0 Å². The molecule has 4 fully saturated rings. The minimum atomic E-state index is -0.623. The lowest BCUT2D eigenvalue weighted by atomic mass is 9.95. The Balaban J connectivity index is 0.000000158. The largest absolute Gasteiger partial charge is 0.344 e. The molecule has 79 heavy (non-hydrogen) atoms. The highest BCUT2D eigenvalue weighted by atomic mass is 35.5. The van der Waals surface area contributed by atoms with Gasteiger partial charge in [-0.3, -0.25) is 9.97 Å². The zero-order valence-electron chi connectivity index (χ0n) is 44.2. The number of hydrogen-bond acceptors (Lipinski definition) is 11. The number of rotatable bonds is 11. The zero-order chi connectivity index (χ0) is 54.0. The van der Waals surface area contributed by atoms with Crippen molar-refractivity contribution in [3.05, 3.63) is 196 Å². The van der Waals surface area contributed by atoms with Crippen LogP contribution in [0.4, 0.5) is 5.82 Å². The monoisotopic (exact) mass is 1110 g/mol. The van der Waals surface area contributed by atoms with Crippen LogP contribution in [0.15, 0.2) is 164 Å². The molecule has 2 saturated carbocycles. The maximum absolute atomic E-state index is 6.77. The highest BCUT2D eigenvalue weighted by Gasteiger charge is 2.55. The molecule has 0 bridgehead atoms. The van der Waals surface area contributed by atoms with Crippen molar-refractivity contribution >= 4 is 90.5 Å². The molecule has 8 heterocycles. The summed E-state index contributed by atoms with van der Waals surface area (Å²) in [5.41, 5.74) is 10.6. The van der Waals surface area contributed by atoms with E-state index in [2.05, 4.69) is 107 Å². The molecule has 2 aliphatic carbocycles. The number of aryl methyl sites for hydroxylation is 2. The molecule has 0 N–H and O–H groups in total. The minimum absolute atomic E-state index is 0.0122. The van der Waals surface area contributed by atoms with E-state index in [4.69, 9.17) is 63.7 Å². The SMILES string of the molecule is CC1(C)O[C@@H]2[C@@H](CCc3ccc4cc(Cl)c(Cl)nc4c3)C[C@@H](n3ccc4nccnc43)[C@@H]2O1.CC1(C)O[C@@H]2[C@@H](CCc3ccc4cc(Cl)c(N=C(c5ccccc5)c5ccccc5)nc4c3)C[C@@H](n3ccc4nccnc43)[C@@H]2O1. The van der Waals surface area contributed by atoms with Gasteiger partial charge in [0, 0.05) is 59.1 Å². The lowest BCUT2D eigenvalue weighted by molar-refractivity contribution is -0.160. The predicted octanol–water partition coefficient (Wildman–Crippen LogP) is 14.5. The summed E-state index contributed by atoms with van der Waals surface area (Å²) in [4.78, 5) is 32.6. The molecule has 2 saturated heterocycles. The third-order valence-electron chi connectivity index (χ3n) is 16.0. The first-order chi connectivity index (χ1) is 38.3. The molecule has 4 aromatic carbocycles. The van der Waals surface area contributed by atoms with Crippen LogP contribution in [-0.2, 0) is 31.8 Å². The number of benzene rings is 4. The van der Waals surface area contributed by atoms with Crippen molar-refractivity contribution < 1.29 is 18.9 Å². The van der Waals surface area contributed by atoms with E-state index >= 15 is 0 Å². The Labute approximate surface area is 473 Å². The lowest BCUT2D eigenvalue weighted by Crippen LogP contribution is -2.27. The summed E-state index contributed by atoms with van der Waals surface area (Å²) < 4.78 is 30.2. The fraction of sp³-hybridized carbons (Fsp3) is 0.317. The van der Waals surface area contributed by atoms with Gasteiger partial charge in [0.05, 0.1) is 51.1 Å². The Hall–Kier alpha value is -6.68. The number of aromatic nitrogens is 8. The van der Waals surface area contributed by atoms with Crippen molar-refractivity contribution in [3.63, 3.8) is 0 Å². The van der Waals surface area contributed by atoms with E-state index < -0.39 is 11.6 Å². The molecular weight excluding hydrogens is 1050 g/mol. The molecular formula is C63H58Cl3N9O4. The van der Waals surface area contributed by atoms with Crippen LogP contribution in [0.1, 0.15) is 87.7 Å². The fourth-order valence-electron chi connectivity index (χ4n) is 12.5. The number of nitrogens with zero attached hydrogens (tertiary/aromatic N) is 9. The van der Waals surface area contributed by atoms with Crippen molar-refractivity contribution in [1.82, 2.24) is 39.0 Å². The molecule has 13 nitrogen and oxygen atoms in total. The third kappa shape index (κ3) is 10.4. The van der Waals surface area contributed by atoms with Crippen LogP contribution in [0.25, 0.3) is 44.1 Å². The maximum Gasteiger partial charge on any atom is 0.172 e. The van der Waals surface area contributed by atoms with Gasteiger partial charge < -0.3 is 28.1 Å². The first kappa shape index (κ1) is 51.7. The summed E-state index contributed by atoms with van der Waals surface area (Å²) in [6.45, 7) is 8.01. The Morgan fingerprint density at radius 3 is 1.48 bits per heavy atom. The van der Waals surface area contributed by atoms with Gasteiger partial charge in [-0.2, -0.15) is 0 Å². The van der Waals surface area contributed by atoms with Crippen LogP contribution in [0.3, 0.4) is 0 Å². The van der Waals surface area contributed by atoms with E-state index in [1.54, 1.807) is 24.8 Å². The van der Waals surface area contributed by atoms with Crippen molar-refractivity contribution in [2.75, 3.05) is 0 Å².